The Morgan fingerprint density at radius 3 is 3.04 bits per heavy atom. The molecule has 1 unspecified atom stereocenters. The molecule has 1 atom stereocenters. The summed E-state index contributed by atoms with van der Waals surface area (Å²) in [4.78, 5) is 19.4. The number of hydrogen-bond donors (Lipinski definition) is 1. The van der Waals surface area contributed by atoms with E-state index in [0.717, 1.165) is 28.4 Å². The van der Waals surface area contributed by atoms with Gasteiger partial charge in [0.15, 0.2) is 0 Å². The van der Waals surface area contributed by atoms with Crippen LogP contribution in [0.15, 0.2) is 35.1 Å². The summed E-state index contributed by atoms with van der Waals surface area (Å²) in [6, 6.07) is 9.47. The van der Waals surface area contributed by atoms with Gasteiger partial charge in [0.2, 0.25) is 10.1 Å². The van der Waals surface area contributed by atoms with Crippen LogP contribution in [-0.2, 0) is 13.0 Å². The van der Waals surface area contributed by atoms with Crippen molar-refractivity contribution < 1.29 is 5.11 Å². The molecule has 0 saturated heterocycles. The van der Waals surface area contributed by atoms with Crippen LogP contribution in [0, 0.1) is 0 Å². The first-order valence-electron chi connectivity index (χ1n) is 8.06. The molecular weight excluding hydrogens is 324 g/mol. The molecule has 4 rings (SSSR count). The summed E-state index contributed by atoms with van der Waals surface area (Å²) in [7, 11) is 0. The fourth-order valence-corrected chi connectivity index (χ4v) is 3.99. The molecule has 1 aromatic carbocycles. The maximum absolute atomic E-state index is 12.2. The van der Waals surface area contributed by atoms with Gasteiger partial charge in [-0.05, 0) is 24.0 Å². The molecule has 0 amide bonds. The average molecular weight is 342 g/mol. The SMILES string of the molecule is CCc1cc(=O)n2nc(N3CCC(O)c4ccccc4C3)sc2n1. The molecule has 1 aliphatic rings. The number of hydrogen-bond acceptors (Lipinski definition) is 6. The van der Waals surface area contributed by atoms with Crippen molar-refractivity contribution in [3.05, 3.63) is 57.5 Å². The van der Waals surface area contributed by atoms with Gasteiger partial charge in [0.1, 0.15) is 0 Å². The highest BCUT2D eigenvalue weighted by molar-refractivity contribution is 7.20. The van der Waals surface area contributed by atoms with Crippen LogP contribution in [0.1, 0.15) is 36.3 Å². The van der Waals surface area contributed by atoms with Crippen LogP contribution < -0.4 is 10.5 Å². The first-order chi connectivity index (χ1) is 11.7. The lowest BCUT2D eigenvalue weighted by Gasteiger charge is -2.18. The van der Waals surface area contributed by atoms with Gasteiger partial charge >= 0.3 is 0 Å². The Balaban J connectivity index is 1.75. The summed E-state index contributed by atoms with van der Waals surface area (Å²) in [5.41, 5.74) is 2.71. The minimum Gasteiger partial charge on any atom is -0.388 e. The number of benzene rings is 1. The Labute approximate surface area is 143 Å². The van der Waals surface area contributed by atoms with Gasteiger partial charge in [0.25, 0.3) is 5.56 Å². The first kappa shape index (κ1) is 15.3. The van der Waals surface area contributed by atoms with E-state index in [-0.39, 0.29) is 5.56 Å². The summed E-state index contributed by atoms with van der Waals surface area (Å²) in [5, 5.41) is 15.6. The van der Waals surface area contributed by atoms with Gasteiger partial charge in [-0.3, -0.25) is 4.79 Å². The predicted octanol–water partition coefficient (Wildman–Crippen LogP) is 2.16. The lowest BCUT2D eigenvalue weighted by molar-refractivity contribution is 0.171. The highest BCUT2D eigenvalue weighted by Gasteiger charge is 2.23. The summed E-state index contributed by atoms with van der Waals surface area (Å²) in [6.07, 6.45) is 0.894. The monoisotopic (exact) mass is 342 g/mol. The largest absolute Gasteiger partial charge is 0.388 e. The van der Waals surface area contributed by atoms with E-state index < -0.39 is 6.10 Å². The molecule has 0 fully saturated rings. The maximum atomic E-state index is 12.2. The number of anilines is 1. The van der Waals surface area contributed by atoms with Crippen molar-refractivity contribution >= 4 is 21.4 Å². The van der Waals surface area contributed by atoms with Gasteiger partial charge in [-0.2, -0.15) is 4.52 Å². The average Bonchev–Trinajstić information content (AvgIpc) is 2.95. The van der Waals surface area contributed by atoms with Crippen LogP contribution in [0.2, 0.25) is 0 Å². The normalized spacial score (nSPS) is 17.8. The number of aromatic nitrogens is 3. The second kappa shape index (κ2) is 5.99. The molecule has 6 nitrogen and oxygen atoms in total. The van der Waals surface area contributed by atoms with Gasteiger partial charge in [-0.1, -0.05) is 42.5 Å². The number of aliphatic hydroxyl groups excluding tert-OH is 1. The van der Waals surface area contributed by atoms with E-state index in [9.17, 15) is 9.90 Å². The Hall–Kier alpha value is -2.25. The second-order valence-corrected chi connectivity index (χ2v) is 6.88. The van der Waals surface area contributed by atoms with Gasteiger partial charge < -0.3 is 10.0 Å². The summed E-state index contributed by atoms with van der Waals surface area (Å²) < 4.78 is 1.37. The molecule has 0 radical (unpaired) electrons. The molecule has 0 bridgehead atoms. The van der Waals surface area contributed by atoms with Crippen LogP contribution >= 0.6 is 11.3 Å². The third kappa shape index (κ3) is 2.59. The number of aliphatic hydroxyl groups is 1. The Morgan fingerprint density at radius 2 is 2.21 bits per heavy atom. The minimum atomic E-state index is -0.465. The van der Waals surface area contributed by atoms with Crippen LogP contribution in [0.4, 0.5) is 5.13 Å². The molecule has 24 heavy (non-hydrogen) atoms. The van der Waals surface area contributed by atoms with E-state index in [4.69, 9.17) is 0 Å². The van der Waals surface area contributed by atoms with Gasteiger partial charge in [0, 0.05) is 24.8 Å². The molecule has 3 heterocycles. The highest BCUT2D eigenvalue weighted by atomic mass is 32.1. The highest BCUT2D eigenvalue weighted by Crippen LogP contribution is 2.31. The smallest absolute Gasteiger partial charge is 0.275 e. The van der Waals surface area contributed by atoms with Crippen molar-refractivity contribution in [2.24, 2.45) is 0 Å². The standard InChI is InChI=1S/C17H18N4O2S/c1-2-12-9-15(23)21-16(18-12)24-17(19-21)20-8-7-14(22)13-6-4-3-5-11(13)10-20/h3-6,9,14,22H,2,7-8,10H2,1H3. The first-order valence-corrected chi connectivity index (χ1v) is 8.88. The van der Waals surface area contributed by atoms with Gasteiger partial charge in [0.05, 0.1) is 6.10 Å². The van der Waals surface area contributed by atoms with Crippen molar-refractivity contribution in [2.75, 3.05) is 11.4 Å². The van der Waals surface area contributed by atoms with E-state index in [1.165, 1.54) is 21.9 Å². The van der Waals surface area contributed by atoms with Crippen LogP contribution in [0.3, 0.4) is 0 Å². The maximum Gasteiger partial charge on any atom is 0.275 e. The third-order valence-electron chi connectivity index (χ3n) is 4.37. The fraction of sp³-hybridized carbons (Fsp3) is 0.353. The summed E-state index contributed by atoms with van der Waals surface area (Å²) in [5.74, 6) is 0. The molecule has 0 saturated carbocycles. The lowest BCUT2D eigenvalue weighted by atomic mass is 10.0. The van der Waals surface area contributed by atoms with Crippen molar-refractivity contribution in [3.8, 4) is 0 Å². The van der Waals surface area contributed by atoms with E-state index in [0.29, 0.717) is 24.5 Å². The quantitative estimate of drug-likeness (QED) is 0.773. The lowest BCUT2D eigenvalue weighted by Crippen LogP contribution is -2.23. The number of fused-ring (bicyclic) bond motifs is 2. The van der Waals surface area contributed by atoms with Gasteiger partial charge in [-0.25, -0.2) is 4.98 Å². The van der Waals surface area contributed by atoms with Gasteiger partial charge in [-0.15, -0.1) is 5.10 Å². The topological polar surface area (TPSA) is 70.7 Å². The zero-order valence-corrected chi connectivity index (χ0v) is 14.2. The molecule has 7 heteroatoms. The van der Waals surface area contributed by atoms with E-state index in [1.807, 2.05) is 31.2 Å². The molecule has 0 spiro atoms. The Morgan fingerprint density at radius 1 is 1.38 bits per heavy atom. The van der Waals surface area contributed by atoms with Crippen LogP contribution in [-0.4, -0.2) is 26.2 Å². The zero-order chi connectivity index (χ0) is 16.7. The van der Waals surface area contributed by atoms with Crippen LogP contribution in [0.25, 0.3) is 4.96 Å². The summed E-state index contributed by atoms with van der Waals surface area (Å²) in [6.45, 7) is 3.33. The molecule has 2 aromatic heterocycles. The van der Waals surface area contributed by atoms with Crippen molar-refractivity contribution in [1.29, 1.82) is 0 Å². The fourth-order valence-electron chi connectivity index (χ4n) is 3.04. The van der Waals surface area contributed by atoms with Crippen LogP contribution in [0.5, 0.6) is 0 Å². The molecule has 1 aliphatic heterocycles. The minimum absolute atomic E-state index is 0.144. The Kier molecular flexibility index (Phi) is 3.82. The zero-order valence-electron chi connectivity index (χ0n) is 13.3. The predicted molar refractivity (Wildman–Crippen MR) is 93.6 cm³/mol. The molecular formula is C17H18N4O2S. The summed E-state index contributed by atoms with van der Waals surface area (Å²) >= 11 is 1.42. The molecule has 0 aliphatic carbocycles. The third-order valence-corrected chi connectivity index (χ3v) is 5.34. The van der Waals surface area contributed by atoms with E-state index >= 15 is 0 Å². The number of aryl methyl sites for hydroxylation is 1. The second-order valence-electron chi connectivity index (χ2n) is 5.94. The molecule has 1 N–H and O–H groups in total. The molecule has 3 aromatic rings. The number of rotatable bonds is 2. The van der Waals surface area contributed by atoms with E-state index in [2.05, 4.69) is 15.0 Å². The van der Waals surface area contributed by atoms with Crippen molar-refractivity contribution in [3.63, 3.8) is 0 Å². The molecule has 124 valence electrons. The van der Waals surface area contributed by atoms with Crippen molar-refractivity contribution in [2.45, 2.75) is 32.4 Å². The number of nitrogens with zero attached hydrogens (tertiary/aromatic N) is 4. The van der Waals surface area contributed by atoms with E-state index in [1.54, 1.807) is 0 Å². The Bertz CT molecular complexity index is 949. The van der Waals surface area contributed by atoms with Crippen molar-refractivity contribution in [1.82, 2.24) is 14.6 Å².